The number of ether oxygens (including phenoxy) is 1. The Morgan fingerprint density at radius 1 is 1.44 bits per heavy atom. The largest absolute Gasteiger partial charge is 0.384 e. The van der Waals surface area contributed by atoms with Crippen molar-refractivity contribution >= 4 is 11.6 Å². The Morgan fingerprint density at radius 3 is 2.72 bits per heavy atom. The van der Waals surface area contributed by atoms with Crippen LogP contribution in [0.15, 0.2) is 18.2 Å². The zero-order chi connectivity index (χ0) is 13.5. The lowest BCUT2D eigenvalue weighted by molar-refractivity contribution is 0.149. The van der Waals surface area contributed by atoms with Crippen LogP contribution in [0.25, 0.3) is 0 Å². The van der Waals surface area contributed by atoms with Crippen LogP contribution >= 0.6 is 11.6 Å². The molecule has 1 rings (SSSR count). The smallest absolute Gasteiger partial charge is 0.0488 e. The standard InChI is InChI=1S/C14H23ClN2O/c1-10-4-5-12(14(15)7-10)8-13(17-16)6-11(2)9-18-3/h4-5,7,11,13,17H,6,8-9,16H2,1-3H3. The van der Waals surface area contributed by atoms with E-state index < -0.39 is 0 Å². The van der Waals surface area contributed by atoms with Crippen LogP contribution in [0, 0.1) is 12.8 Å². The van der Waals surface area contributed by atoms with Crippen molar-refractivity contribution in [3.05, 3.63) is 34.3 Å². The van der Waals surface area contributed by atoms with Gasteiger partial charge in [-0.25, -0.2) is 0 Å². The van der Waals surface area contributed by atoms with Crippen LogP contribution in [-0.4, -0.2) is 19.8 Å². The minimum Gasteiger partial charge on any atom is -0.384 e. The minimum absolute atomic E-state index is 0.218. The van der Waals surface area contributed by atoms with Crippen LogP contribution in [0.4, 0.5) is 0 Å². The molecule has 0 heterocycles. The van der Waals surface area contributed by atoms with Gasteiger partial charge in [-0.1, -0.05) is 30.7 Å². The van der Waals surface area contributed by atoms with Crippen molar-refractivity contribution in [1.29, 1.82) is 0 Å². The van der Waals surface area contributed by atoms with Gasteiger partial charge in [0.1, 0.15) is 0 Å². The molecule has 1 aromatic carbocycles. The molecule has 0 aromatic heterocycles. The van der Waals surface area contributed by atoms with E-state index in [1.165, 1.54) is 5.56 Å². The minimum atomic E-state index is 0.218. The van der Waals surface area contributed by atoms with E-state index in [0.717, 1.165) is 30.0 Å². The first kappa shape index (κ1) is 15.4. The van der Waals surface area contributed by atoms with Gasteiger partial charge >= 0.3 is 0 Å². The van der Waals surface area contributed by atoms with Gasteiger partial charge in [0.2, 0.25) is 0 Å². The maximum absolute atomic E-state index is 6.23. The Hall–Kier alpha value is -0.610. The van der Waals surface area contributed by atoms with E-state index >= 15 is 0 Å². The van der Waals surface area contributed by atoms with Crippen molar-refractivity contribution in [3.63, 3.8) is 0 Å². The average molecular weight is 271 g/mol. The number of rotatable bonds is 7. The van der Waals surface area contributed by atoms with E-state index in [9.17, 15) is 0 Å². The Bertz CT molecular complexity index is 371. The van der Waals surface area contributed by atoms with Crippen molar-refractivity contribution in [1.82, 2.24) is 5.43 Å². The summed E-state index contributed by atoms with van der Waals surface area (Å²) in [5.74, 6) is 6.08. The monoisotopic (exact) mass is 270 g/mol. The van der Waals surface area contributed by atoms with Crippen LogP contribution in [0.5, 0.6) is 0 Å². The molecular formula is C14H23ClN2O. The van der Waals surface area contributed by atoms with Crippen molar-refractivity contribution in [2.45, 2.75) is 32.7 Å². The molecule has 0 aliphatic carbocycles. The van der Waals surface area contributed by atoms with Gasteiger partial charge in [-0.05, 0) is 42.9 Å². The highest BCUT2D eigenvalue weighted by molar-refractivity contribution is 6.31. The fourth-order valence-electron chi connectivity index (χ4n) is 2.13. The fraction of sp³-hybridized carbons (Fsp3) is 0.571. The molecule has 0 amide bonds. The van der Waals surface area contributed by atoms with Gasteiger partial charge in [-0.2, -0.15) is 0 Å². The van der Waals surface area contributed by atoms with Crippen LogP contribution in [0.3, 0.4) is 0 Å². The Morgan fingerprint density at radius 2 is 2.17 bits per heavy atom. The molecule has 2 atom stereocenters. The first-order valence-electron chi connectivity index (χ1n) is 6.27. The second-order valence-corrected chi connectivity index (χ2v) is 5.37. The molecule has 1 aromatic rings. The molecule has 3 N–H and O–H groups in total. The van der Waals surface area contributed by atoms with E-state index in [1.54, 1.807) is 7.11 Å². The highest BCUT2D eigenvalue weighted by Crippen LogP contribution is 2.20. The van der Waals surface area contributed by atoms with Gasteiger partial charge in [-0.3, -0.25) is 11.3 Å². The summed E-state index contributed by atoms with van der Waals surface area (Å²) in [6.45, 7) is 4.94. The Balaban J connectivity index is 2.62. The van der Waals surface area contributed by atoms with Crippen molar-refractivity contribution < 1.29 is 4.74 Å². The number of hydrazine groups is 1. The molecule has 102 valence electrons. The van der Waals surface area contributed by atoms with Gasteiger partial charge < -0.3 is 4.74 Å². The topological polar surface area (TPSA) is 47.3 Å². The average Bonchev–Trinajstić information content (AvgIpc) is 2.31. The molecule has 4 heteroatoms. The molecule has 0 saturated heterocycles. The zero-order valence-corrected chi connectivity index (χ0v) is 12.1. The Labute approximate surface area is 115 Å². The fourth-order valence-corrected chi connectivity index (χ4v) is 2.44. The van der Waals surface area contributed by atoms with Crippen LogP contribution in [0.1, 0.15) is 24.5 Å². The molecule has 0 aliphatic rings. The number of methoxy groups -OCH3 is 1. The van der Waals surface area contributed by atoms with E-state index in [0.29, 0.717) is 5.92 Å². The van der Waals surface area contributed by atoms with Gasteiger partial charge in [0.05, 0.1) is 0 Å². The predicted molar refractivity (Wildman–Crippen MR) is 76.7 cm³/mol. The van der Waals surface area contributed by atoms with E-state index in [4.69, 9.17) is 22.2 Å². The third-order valence-corrected chi connectivity index (χ3v) is 3.40. The summed E-state index contributed by atoms with van der Waals surface area (Å²) < 4.78 is 5.14. The summed E-state index contributed by atoms with van der Waals surface area (Å²) in [6.07, 6.45) is 1.80. The number of hydrogen-bond donors (Lipinski definition) is 2. The lowest BCUT2D eigenvalue weighted by Gasteiger charge is -2.20. The van der Waals surface area contributed by atoms with Gasteiger partial charge in [-0.15, -0.1) is 0 Å². The number of nitrogens with two attached hydrogens (primary N) is 1. The first-order chi connectivity index (χ1) is 8.56. The highest BCUT2D eigenvalue weighted by atomic mass is 35.5. The third-order valence-electron chi connectivity index (χ3n) is 3.05. The lowest BCUT2D eigenvalue weighted by atomic mass is 9.96. The van der Waals surface area contributed by atoms with E-state index in [-0.39, 0.29) is 6.04 Å². The van der Waals surface area contributed by atoms with Gasteiger partial charge in [0.15, 0.2) is 0 Å². The molecule has 0 saturated carbocycles. The third kappa shape index (κ3) is 4.94. The predicted octanol–water partition coefficient (Wildman–Crippen LogP) is 2.70. The van der Waals surface area contributed by atoms with E-state index in [2.05, 4.69) is 24.5 Å². The molecule has 0 aliphatic heterocycles. The van der Waals surface area contributed by atoms with E-state index in [1.807, 2.05) is 13.0 Å². The maximum atomic E-state index is 6.23. The summed E-state index contributed by atoms with van der Waals surface area (Å²) in [5, 5.41) is 0.814. The number of halogens is 1. The maximum Gasteiger partial charge on any atom is 0.0488 e. The Kier molecular flexibility index (Phi) is 6.65. The molecular weight excluding hydrogens is 248 g/mol. The second-order valence-electron chi connectivity index (χ2n) is 4.96. The summed E-state index contributed by atoms with van der Waals surface area (Å²) in [6, 6.07) is 6.36. The number of aryl methyl sites for hydroxylation is 1. The highest BCUT2D eigenvalue weighted by Gasteiger charge is 2.14. The second kappa shape index (κ2) is 7.74. The van der Waals surface area contributed by atoms with Crippen LogP contribution < -0.4 is 11.3 Å². The molecule has 18 heavy (non-hydrogen) atoms. The zero-order valence-electron chi connectivity index (χ0n) is 11.4. The van der Waals surface area contributed by atoms with Crippen LogP contribution in [0.2, 0.25) is 5.02 Å². The summed E-state index contributed by atoms with van der Waals surface area (Å²) in [4.78, 5) is 0. The summed E-state index contributed by atoms with van der Waals surface area (Å²) in [7, 11) is 1.72. The van der Waals surface area contributed by atoms with Crippen LogP contribution in [-0.2, 0) is 11.2 Å². The quantitative estimate of drug-likeness (QED) is 0.592. The van der Waals surface area contributed by atoms with Crippen molar-refractivity contribution in [2.75, 3.05) is 13.7 Å². The normalized spacial score (nSPS) is 14.5. The molecule has 3 nitrogen and oxygen atoms in total. The van der Waals surface area contributed by atoms with Crippen molar-refractivity contribution in [2.24, 2.45) is 11.8 Å². The number of hydrogen-bond acceptors (Lipinski definition) is 3. The number of nitrogens with one attached hydrogen (secondary N) is 1. The van der Waals surface area contributed by atoms with Crippen molar-refractivity contribution in [3.8, 4) is 0 Å². The molecule has 0 radical (unpaired) electrons. The number of benzene rings is 1. The van der Waals surface area contributed by atoms with Gasteiger partial charge in [0, 0.05) is 24.8 Å². The summed E-state index contributed by atoms with van der Waals surface area (Å²) >= 11 is 6.23. The van der Waals surface area contributed by atoms with Gasteiger partial charge in [0.25, 0.3) is 0 Å². The molecule has 0 spiro atoms. The summed E-state index contributed by atoms with van der Waals surface area (Å²) in [5.41, 5.74) is 5.18. The molecule has 2 unspecified atom stereocenters. The molecule has 0 bridgehead atoms. The first-order valence-corrected chi connectivity index (χ1v) is 6.64. The molecule has 0 fully saturated rings. The SMILES string of the molecule is COCC(C)CC(Cc1ccc(C)cc1Cl)NN. The lowest BCUT2D eigenvalue weighted by Crippen LogP contribution is -2.38.